The normalized spacial score (nSPS) is 12.5. The van der Waals surface area contributed by atoms with Gasteiger partial charge in [0, 0.05) is 17.3 Å². The number of carbonyl (C=O) groups is 2. The van der Waals surface area contributed by atoms with E-state index < -0.39 is 0 Å². The fraction of sp³-hybridized carbons (Fsp3) is 0.259. The maximum atomic E-state index is 12.6. The number of carbonyl (C=O) groups excluding carboxylic acids is 2. The first-order valence-electron chi connectivity index (χ1n) is 11.4. The summed E-state index contributed by atoms with van der Waals surface area (Å²) < 4.78 is 11.5. The van der Waals surface area contributed by atoms with Crippen LogP contribution in [0.2, 0.25) is 0 Å². The molecule has 7 nitrogen and oxygen atoms in total. The average molecular weight is 460 g/mol. The lowest BCUT2D eigenvalue weighted by atomic mass is 10.1. The monoisotopic (exact) mass is 459 g/mol. The van der Waals surface area contributed by atoms with E-state index in [-0.39, 0.29) is 24.3 Å². The van der Waals surface area contributed by atoms with Gasteiger partial charge in [0.2, 0.25) is 11.8 Å². The molecular formula is C27H29N3O4. The molecule has 176 valence electrons. The Labute approximate surface area is 199 Å². The Bertz CT molecular complexity index is 1130. The van der Waals surface area contributed by atoms with Crippen LogP contribution in [0.25, 0.3) is 0 Å². The topological polar surface area (TPSA) is 88.7 Å². The van der Waals surface area contributed by atoms with Crippen molar-refractivity contribution in [3.63, 3.8) is 0 Å². The lowest BCUT2D eigenvalue weighted by molar-refractivity contribution is -0.117. The third kappa shape index (κ3) is 6.51. The van der Waals surface area contributed by atoms with E-state index in [0.29, 0.717) is 24.7 Å². The zero-order valence-electron chi connectivity index (χ0n) is 19.2. The highest BCUT2D eigenvalue weighted by Gasteiger charge is 2.29. The number of benzene rings is 3. The summed E-state index contributed by atoms with van der Waals surface area (Å²) in [6.07, 6.45) is 1.91. The van der Waals surface area contributed by atoms with Gasteiger partial charge in [-0.05, 0) is 61.7 Å². The number of nitrogens with one attached hydrogen (secondary N) is 3. The highest BCUT2D eigenvalue weighted by Crippen LogP contribution is 2.31. The van der Waals surface area contributed by atoms with Gasteiger partial charge >= 0.3 is 0 Å². The van der Waals surface area contributed by atoms with Crippen molar-refractivity contribution in [1.82, 2.24) is 0 Å². The number of ether oxygens (including phenoxy) is 2. The molecule has 3 aromatic rings. The van der Waals surface area contributed by atoms with Crippen molar-refractivity contribution in [3.05, 3.63) is 78.4 Å². The molecule has 1 aliphatic carbocycles. The van der Waals surface area contributed by atoms with Crippen LogP contribution in [0.1, 0.15) is 18.4 Å². The molecule has 4 rings (SSSR count). The highest BCUT2D eigenvalue weighted by molar-refractivity contribution is 5.97. The van der Waals surface area contributed by atoms with Crippen LogP contribution in [0, 0.1) is 12.8 Å². The molecule has 3 N–H and O–H groups in total. The first-order chi connectivity index (χ1) is 16.6. The van der Waals surface area contributed by atoms with Crippen LogP contribution in [0.5, 0.6) is 11.5 Å². The van der Waals surface area contributed by atoms with Gasteiger partial charge in [-0.25, -0.2) is 0 Å². The van der Waals surface area contributed by atoms with Gasteiger partial charge in [0.05, 0.1) is 12.2 Å². The number of hydrogen-bond acceptors (Lipinski definition) is 5. The molecule has 7 heteroatoms. The minimum atomic E-state index is -0.205. The Kier molecular flexibility index (Phi) is 7.65. The average Bonchev–Trinajstić information content (AvgIpc) is 3.70. The predicted octanol–water partition coefficient (Wildman–Crippen LogP) is 4.85. The van der Waals surface area contributed by atoms with Gasteiger partial charge in [0.15, 0.2) is 0 Å². The van der Waals surface area contributed by atoms with E-state index in [2.05, 4.69) is 16.0 Å². The zero-order chi connectivity index (χ0) is 23.8. The summed E-state index contributed by atoms with van der Waals surface area (Å²) >= 11 is 0. The summed E-state index contributed by atoms with van der Waals surface area (Å²) in [6, 6.07) is 22.5. The number of rotatable bonds is 11. The number of para-hydroxylation sites is 3. The summed E-state index contributed by atoms with van der Waals surface area (Å²) in [7, 11) is 0. The number of anilines is 3. The Morgan fingerprint density at radius 3 is 2.26 bits per heavy atom. The molecule has 0 bridgehead atoms. The maximum Gasteiger partial charge on any atom is 0.243 e. The van der Waals surface area contributed by atoms with E-state index in [1.807, 2.05) is 73.7 Å². The molecule has 34 heavy (non-hydrogen) atoms. The zero-order valence-corrected chi connectivity index (χ0v) is 19.2. The van der Waals surface area contributed by atoms with Gasteiger partial charge in [0.1, 0.15) is 24.7 Å². The van der Waals surface area contributed by atoms with Crippen LogP contribution in [-0.2, 0) is 9.59 Å². The molecule has 0 saturated heterocycles. The molecule has 1 fully saturated rings. The first-order valence-corrected chi connectivity index (χ1v) is 11.4. The van der Waals surface area contributed by atoms with Crippen molar-refractivity contribution in [3.8, 4) is 11.5 Å². The Morgan fingerprint density at radius 2 is 1.47 bits per heavy atom. The van der Waals surface area contributed by atoms with Crippen LogP contribution in [0.15, 0.2) is 72.8 Å². The molecular weight excluding hydrogens is 430 g/mol. The summed E-state index contributed by atoms with van der Waals surface area (Å²) in [5.74, 6) is 1.35. The first kappa shape index (κ1) is 23.2. The Morgan fingerprint density at radius 1 is 0.794 bits per heavy atom. The van der Waals surface area contributed by atoms with E-state index >= 15 is 0 Å². The van der Waals surface area contributed by atoms with Crippen molar-refractivity contribution in [2.75, 3.05) is 35.7 Å². The lowest BCUT2D eigenvalue weighted by Gasteiger charge is -2.15. The van der Waals surface area contributed by atoms with E-state index in [0.717, 1.165) is 35.5 Å². The van der Waals surface area contributed by atoms with Crippen LogP contribution in [0.3, 0.4) is 0 Å². The van der Waals surface area contributed by atoms with Crippen molar-refractivity contribution < 1.29 is 19.1 Å². The molecule has 0 unspecified atom stereocenters. The largest absolute Gasteiger partial charge is 0.490 e. The second-order valence-corrected chi connectivity index (χ2v) is 8.15. The third-order valence-corrected chi connectivity index (χ3v) is 5.49. The van der Waals surface area contributed by atoms with Gasteiger partial charge in [-0.15, -0.1) is 0 Å². The second kappa shape index (κ2) is 11.2. The molecule has 0 atom stereocenters. The predicted molar refractivity (Wildman–Crippen MR) is 134 cm³/mol. The maximum absolute atomic E-state index is 12.6. The third-order valence-electron chi connectivity index (χ3n) is 5.49. The van der Waals surface area contributed by atoms with Crippen molar-refractivity contribution in [1.29, 1.82) is 0 Å². The standard InChI is InChI=1S/C27H29N3O4/c1-19-22(11-7-12-23(19)30-27(32)20-14-15-20)28-18-26(31)29-24-10-5-6-13-25(24)34-17-16-33-21-8-3-2-4-9-21/h2-13,20,28H,14-18H2,1H3,(H,29,31)(H,30,32). The highest BCUT2D eigenvalue weighted by atomic mass is 16.5. The van der Waals surface area contributed by atoms with Crippen molar-refractivity contribution in [2.24, 2.45) is 5.92 Å². The molecule has 0 aromatic heterocycles. The molecule has 3 aromatic carbocycles. The number of hydrogen-bond donors (Lipinski definition) is 3. The van der Waals surface area contributed by atoms with Gasteiger partial charge in [-0.3, -0.25) is 9.59 Å². The second-order valence-electron chi connectivity index (χ2n) is 8.15. The van der Waals surface area contributed by atoms with Gasteiger partial charge < -0.3 is 25.4 Å². The molecule has 0 aliphatic heterocycles. The molecule has 0 radical (unpaired) electrons. The quantitative estimate of drug-likeness (QED) is 0.357. The van der Waals surface area contributed by atoms with Crippen LogP contribution < -0.4 is 25.4 Å². The fourth-order valence-corrected chi connectivity index (χ4v) is 3.44. The van der Waals surface area contributed by atoms with E-state index in [1.165, 1.54) is 0 Å². The summed E-state index contributed by atoms with van der Waals surface area (Å²) in [4.78, 5) is 24.7. The molecule has 0 spiro atoms. The summed E-state index contributed by atoms with van der Waals surface area (Å²) in [5, 5.41) is 9.03. The van der Waals surface area contributed by atoms with Crippen LogP contribution >= 0.6 is 0 Å². The van der Waals surface area contributed by atoms with Gasteiger partial charge in [-0.2, -0.15) is 0 Å². The Hall–Kier alpha value is -4.00. The van der Waals surface area contributed by atoms with Crippen molar-refractivity contribution in [2.45, 2.75) is 19.8 Å². The van der Waals surface area contributed by atoms with E-state index in [4.69, 9.17) is 9.47 Å². The Balaban J connectivity index is 1.27. The van der Waals surface area contributed by atoms with Gasteiger partial charge in [-0.1, -0.05) is 36.4 Å². The molecule has 0 heterocycles. The number of amides is 2. The molecule has 1 aliphatic rings. The van der Waals surface area contributed by atoms with Gasteiger partial charge in [0.25, 0.3) is 0 Å². The molecule has 1 saturated carbocycles. The van der Waals surface area contributed by atoms with Crippen molar-refractivity contribution >= 4 is 28.9 Å². The van der Waals surface area contributed by atoms with E-state index in [9.17, 15) is 9.59 Å². The van der Waals surface area contributed by atoms with E-state index in [1.54, 1.807) is 6.07 Å². The minimum Gasteiger partial charge on any atom is -0.490 e. The lowest BCUT2D eigenvalue weighted by Crippen LogP contribution is -2.23. The molecule has 2 amide bonds. The van der Waals surface area contributed by atoms with Crippen LogP contribution in [0.4, 0.5) is 17.1 Å². The fourth-order valence-electron chi connectivity index (χ4n) is 3.44. The summed E-state index contributed by atoms with van der Waals surface area (Å²) in [5.41, 5.74) is 3.05. The summed E-state index contributed by atoms with van der Waals surface area (Å²) in [6.45, 7) is 2.73. The van der Waals surface area contributed by atoms with Crippen LogP contribution in [-0.4, -0.2) is 31.6 Å². The SMILES string of the molecule is Cc1c(NCC(=O)Nc2ccccc2OCCOc2ccccc2)cccc1NC(=O)C1CC1. The smallest absolute Gasteiger partial charge is 0.243 e. The minimum absolute atomic E-state index is 0.0590.